The van der Waals surface area contributed by atoms with E-state index < -0.39 is 0 Å². The van der Waals surface area contributed by atoms with Crippen molar-refractivity contribution in [2.24, 2.45) is 29.6 Å². The average Bonchev–Trinajstić information content (AvgIpc) is 3.54. The number of benzene rings is 2. The molecule has 7 rings (SSSR count). The molecule has 6 unspecified atom stereocenters. The Balaban J connectivity index is 1.33. The monoisotopic (exact) mass is 474 g/mol. The Hall–Kier alpha value is -2.64. The molecule has 166 valence electrons. The van der Waals surface area contributed by atoms with Crippen LogP contribution in [0.2, 0.25) is 0 Å². The van der Waals surface area contributed by atoms with E-state index in [-0.39, 0.29) is 57.4 Å². The van der Waals surface area contributed by atoms with E-state index in [0.29, 0.717) is 5.69 Å². The van der Waals surface area contributed by atoms with Crippen molar-refractivity contribution in [3.8, 4) is 0 Å². The highest BCUT2D eigenvalue weighted by atomic mass is 32.2. The fourth-order valence-electron chi connectivity index (χ4n) is 7.00. The Morgan fingerprint density at radius 1 is 0.909 bits per heavy atom. The zero-order chi connectivity index (χ0) is 22.4. The number of imide groups is 1. The predicted octanol–water partition coefficient (Wildman–Crippen LogP) is 4.42. The van der Waals surface area contributed by atoms with E-state index in [1.54, 1.807) is 11.8 Å². The topological polar surface area (TPSA) is 70.2 Å². The minimum absolute atomic E-state index is 0.0290. The van der Waals surface area contributed by atoms with Crippen LogP contribution in [0.1, 0.15) is 28.3 Å². The number of amides is 2. The molecular weight excluding hydrogens is 452 g/mol. The molecule has 2 aliphatic carbocycles. The SMILES string of the molecule is Cc1ccc(N2C(=O)C3C4CC(C3C2=O)C2C4Sc3[nH]c(=O)sc3[C@@H]2c2ccccc2)cc1. The number of aryl methyl sites for hydroxylation is 1. The van der Waals surface area contributed by atoms with Crippen LogP contribution in [0.25, 0.3) is 0 Å². The second-order valence-electron chi connectivity index (χ2n) is 9.72. The zero-order valence-electron chi connectivity index (χ0n) is 17.9. The maximum atomic E-state index is 13.7. The van der Waals surface area contributed by atoms with Crippen LogP contribution in [0.4, 0.5) is 5.69 Å². The summed E-state index contributed by atoms with van der Waals surface area (Å²) in [5, 5.41) is 1.19. The van der Waals surface area contributed by atoms with Gasteiger partial charge >= 0.3 is 4.87 Å². The van der Waals surface area contributed by atoms with E-state index in [9.17, 15) is 14.4 Å². The Labute approximate surface area is 199 Å². The number of rotatable bonds is 2. The second kappa shape index (κ2) is 6.93. The number of anilines is 1. The van der Waals surface area contributed by atoms with Crippen LogP contribution >= 0.6 is 23.1 Å². The summed E-state index contributed by atoms with van der Waals surface area (Å²) in [5.74, 6) is 0.0616. The number of fused-ring (bicyclic) bond motifs is 9. The van der Waals surface area contributed by atoms with E-state index in [1.807, 2.05) is 49.4 Å². The first-order valence-corrected chi connectivity index (χ1v) is 13.1. The first kappa shape index (κ1) is 19.8. The van der Waals surface area contributed by atoms with Crippen molar-refractivity contribution in [1.29, 1.82) is 0 Å². The molecular formula is C26H22N2O3S2. The Morgan fingerprint density at radius 2 is 1.61 bits per heavy atom. The number of aromatic amines is 1. The smallest absolute Gasteiger partial charge is 0.305 e. The molecule has 1 aromatic heterocycles. The number of H-pyrrole nitrogens is 1. The molecule has 1 N–H and O–H groups in total. The zero-order valence-corrected chi connectivity index (χ0v) is 19.6. The van der Waals surface area contributed by atoms with Gasteiger partial charge in [-0.3, -0.25) is 19.3 Å². The van der Waals surface area contributed by atoms with Gasteiger partial charge in [-0.05, 0) is 48.8 Å². The Morgan fingerprint density at radius 3 is 2.33 bits per heavy atom. The van der Waals surface area contributed by atoms with Gasteiger partial charge in [0, 0.05) is 16.0 Å². The van der Waals surface area contributed by atoms with Gasteiger partial charge in [-0.15, -0.1) is 11.8 Å². The van der Waals surface area contributed by atoms with Crippen LogP contribution in [0.5, 0.6) is 0 Å². The maximum absolute atomic E-state index is 13.7. The Bertz CT molecular complexity index is 1350. The van der Waals surface area contributed by atoms with E-state index in [1.165, 1.54) is 21.8 Å². The molecule has 0 radical (unpaired) electrons. The number of carbonyl (C=O) groups is 2. The second-order valence-corrected chi connectivity index (χ2v) is 11.9. The summed E-state index contributed by atoms with van der Waals surface area (Å²) in [6.45, 7) is 2.00. The molecule has 2 aliphatic heterocycles. The van der Waals surface area contributed by atoms with Crippen molar-refractivity contribution >= 4 is 40.6 Å². The van der Waals surface area contributed by atoms with Crippen molar-refractivity contribution in [3.05, 3.63) is 80.3 Å². The number of carbonyl (C=O) groups excluding carboxylic acids is 2. The average molecular weight is 475 g/mol. The quantitative estimate of drug-likeness (QED) is 0.558. The molecule has 2 saturated carbocycles. The standard InChI is InChI=1S/C26H22N2O3S2/c1-12-7-9-14(10-8-12)28-24(29)19-15-11-16(20(19)25(28)30)21-18(15)17(13-5-3-2-4-6-13)22-23(32-21)27-26(31)33-22/h2-10,15-21H,11H2,1H3,(H,27,31)/t15?,16?,17-,18?,19?,20?,21?/m1/s1. The number of thioether (sulfide) groups is 1. The fraction of sp³-hybridized carbons (Fsp3) is 0.346. The summed E-state index contributed by atoms with van der Waals surface area (Å²) >= 11 is 3.03. The van der Waals surface area contributed by atoms with Crippen LogP contribution in [0.15, 0.2) is 64.4 Å². The third kappa shape index (κ3) is 2.63. The van der Waals surface area contributed by atoms with E-state index in [0.717, 1.165) is 21.9 Å². The van der Waals surface area contributed by atoms with Gasteiger partial charge < -0.3 is 4.98 Å². The van der Waals surface area contributed by atoms with Crippen molar-refractivity contribution in [3.63, 3.8) is 0 Å². The molecule has 5 nitrogen and oxygen atoms in total. The molecule has 3 heterocycles. The van der Waals surface area contributed by atoms with Gasteiger partial charge in [0.25, 0.3) is 0 Å². The third-order valence-corrected chi connectivity index (χ3v) is 10.8. The van der Waals surface area contributed by atoms with Gasteiger partial charge in [0.05, 0.1) is 22.5 Å². The minimum Gasteiger partial charge on any atom is -0.307 e. The lowest BCUT2D eigenvalue weighted by molar-refractivity contribution is -0.123. The molecule has 7 atom stereocenters. The molecule has 4 aliphatic rings. The number of nitrogens with one attached hydrogen (secondary N) is 1. The molecule has 33 heavy (non-hydrogen) atoms. The van der Waals surface area contributed by atoms with Gasteiger partial charge in [0.1, 0.15) is 0 Å². The summed E-state index contributed by atoms with van der Waals surface area (Å²) < 4.78 is 0. The van der Waals surface area contributed by atoms with Crippen molar-refractivity contribution in [2.75, 3.05) is 4.90 Å². The highest BCUT2D eigenvalue weighted by Crippen LogP contribution is 2.68. The van der Waals surface area contributed by atoms with Gasteiger partial charge in [-0.25, -0.2) is 0 Å². The van der Waals surface area contributed by atoms with Gasteiger partial charge in [-0.1, -0.05) is 59.4 Å². The summed E-state index contributed by atoms with van der Waals surface area (Å²) in [6, 6.07) is 18.0. The molecule has 0 spiro atoms. The summed E-state index contributed by atoms with van der Waals surface area (Å²) in [6.07, 6.45) is 0.916. The third-order valence-electron chi connectivity index (χ3n) is 8.17. The van der Waals surface area contributed by atoms with Crippen LogP contribution in [0, 0.1) is 36.5 Å². The molecule has 2 aromatic carbocycles. The number of nitrogens with zero attached hydrogens (tertiary/aromatic N) is 1. The van der Waals surface area contributed by atoms with Gasteiger partial charge in [0.2, 0.25) is 11.8 Å². The maximum Gasteiger partial charge on any atom is 0.305 e. The van der Waals surface area contributed by atoms with Crippen molar-refractivity contribution in [1.82, 2.24) is 4.98 Å². The van der Waals surface area contributed by atoms with Gasteiger partial charge in [-0.2, -0.15) is 0 Å². The van der Waals surface area contributed by atoms with Crippen LogP contribution in [0.3, 0.4) is 0 Å². The predicted molar refractivity (Wildman–Crippen MR) is 129 cm³/mol. The van der Waals surface area contributed by atoms with E-state index in [4.69, 9.17) is 0 Å². The Kier molecular flexibility index (Phi) is 4.16. The molecule has 3 fully saturated rings. The largest absolute Gasteiger partial charge is 0.307 e. The van der Waals surface area contributed by atoms with Crippen LogP contribution in [-0.4, -0.2) is 22.0 Å². The molecule has 2 bridgehead atoms. The van der Waals surface area contributed by atoms with E-state index in [2.05, 4.69) is 17.1 Å². The fourth-order valence-corrected chi connectivity index (χ4v) is 9.89. The highest BCUT2D eigenvalue weighted by molar-refractivity contribution is 8.00. The van der Waals surface area contributed by atoms with Crippen LogP contribution in [-0.2, 0) is 9.59 Å². The van der Waals surface area contributed by atoms with Crippen molar-refractivity contribution < 1.29 is 9.59 Å². The summed E-state index contributed by atoms with van der Waals surface area (Å²) in [4.78, 5) is 45.1. The number of hydrogen-bond acceptors (Lipinski definition) is 5. The van der Waals surface area contributed by atoms with Gasteiger partial charge in [0.15, 0.2) is 0 Å². The number of thiazole rings is 1. The molecule has 1 saturated heterocycles. The van der Waals surface area contributed by atoms with Crippen molar-refractivity contribution in [2.45, 2.75) is 29.5 Å². The number of hydrogen-bond donors (Lipinski definition) is 1. The first-order chi connectivity index (χ1) is 16.0. The number of aromatic nitrogens is 1. The van der Waals surface area contributed by atoms with Crippen LogP contribution < -0.4 is 9.77 Å². The summed E-state index contributed by atoms with van der Waals surface area (Å²) in [7, 11) is 0. The van der Waals surface area contributed by atoms with E-state index >= 15 is 0 Å². The molecule has 2 amide bonds. The molecule has 7 heteroatoms. The lowest BCUT2D eigenvalue weighted by atomic mass is 9.68. The minimum atomic E-state index is -0.255. The molecule has 3 aromatic rings. The highest BCUT2D eigenvalue weighted by Gasteiger charge is 2.69. The lowest BCUT2D eigenvalue weighted by Crippen LogP contribution is -2.42. The lowest BCUT2D eigenvalue weighted by Gasteiger charge is -2.43. The summed E-state index contributed by atoms with van der Waals surface area (Å²) in [5.41, 5.74) is 2.98. The first-order valence-electron chi connectivity index (χ1n) is 11.4. The normalized spacial score (nSPS) is 33.8.